The van der Waals surface area contributed by atoms with Gasteiger partial charge in [-0.15, -0.1) is 6.58 Å². The maximum absolute atomic E-state index is 10.7. The number of carbonyl (C=O) groups is 1. The van der Waals surface area contributed by atoms with E-state index in [-0.39, 0.29) is 5.91 Å². The van der Waals surface area contributed by atoms with Crippen molar-refractivity contribution in [3.63, 3.8) is 0 Å². The molecule has 0 aromatic carbocycles. The summed E-state index contributed by atoms with van der Waals surface area (Å²) in [5.74, 6) is 0.792. The summed E-state index contributed by atoms with van der Waals surface area (Å²) < 4.78 is 0. The van der Waals surface area contributed by atoms with Crippen molar-refractivity contribution in [1.29, 1.82) is 0 Å². The summed E-state index contributed by atoms with van der Waals surface area (Å²) in [5, 5.41) is 2.90. The largest absolute Gasteiger partial charge is 0.354 e. The summed E-state index contributed by atoms with van der Waals surface area (Å²) in [5.41, 5.74) is 0. The quantitative estimate of drug-likeness (QED) is 0.625. The van der Waals surface area contributed by atoms with E-state index in [0.717, 1.165) is 18.8 Å². The molecule has 0 saturated heterocycles. The monoisotopic (exact) mass is 197 g/mol. The first kappa shape index (κ1) is 13.2. The summed E-state index contributed by atoms with van der Waals surface area (Å²) >= 11 is 0. The summed E-state index contributed by atoms with van der Waals surface area (Å²) in [6, 6.07) is 0.304. The standard InChI is InChI=1S/C12H23NO/c1-5-6-7-10(2)8-9-11(3)13-12(4)14/h5,10-11H,1,6-9H2,2-4H3,(H,13,14)/t10-,11-/m1/s1. The molecular formula is C12H23NO. The van der Waals surface area contributed by atoms with Crippen LogP contribution in [0.5, 0.6) is 0 Å². The lowest BCUT2D eigenvalue weighted by molar-refractivity contribution is -0.119. The van der Waals surface area contributed by atoms with Gasteiger partial charge in [-0.1, -0.05) is 13.0 Å². The van der Waals surface area contributed by atoms with Crippen molar-refractivity contribution in [3.05, 3.63) is 12.7 Å². The molecular weight excluding hydrogens is 174 g/mol. The number of carbonyl (C=O) groups excluding carboxylic acids is 1. The van der Waals surface area contributed by atoms with E-state index in [4.69, 9.17) is 0 Å². The van der Waals surface area contributed by atoms with Crippen LogP contribution in [0.15, 0.2) is 12.7 Å². The molecule has 0 fully saturated rings. The zero-order valence-electron chi connectivity index (χ0n) is 9.68. The molecule has 0 radical (unpaired) electrons. The topological polar surface area (TPSA) is 29.1 Å². The van der Waals surface area contributed by atoms with Crippen LogP contribution >= 0.6 is 0 Å². The second-order valence-electron chi connectivity index (χ2n) is 4.15. The summed E-state index contributed by atoms with van der Waals surface area (Å²) in [6.07, 6.45) is 6.51. The Labute approximate surface area is 87.8 Å². The second-order valence-corrected chi connectivity index (χ2v) is 4.15. The number of hydrogen-bond acceptors (Lipinski definition) is 1. The van der Waals surface area contributed by atoms with Gasteiger partial charge in [-0.05, 0) is 38.5 Å². The molecule has 0 aliphatic heterocycles. The first-order chi connectivity index (χ1) is 6.56. The number of allylic oxidation sites excluding steroid dienone is 1. The van der Waals surface area contributed by atoms with Gasteiger partial charge in [0, 0.05) is 13.0 Å². The lowest BCUT2D eigenvalue weighted by Crippen LogP contribution is -2.30. The fourth-order valence-corrected chi connectivity index (χ4v) is 1.50. The van der Waals surface area contributed by atoms with Crippen LogP contribution in [0.25, 0.3) is 0 Å². The SMILES string of the molecule is C=CCC[C@@H](C)CC[C@@H](C)NC(C)=O. The molecule has 2 nitrogen and oxygen atoms in total. The van der Waals surface area contributed by atoms with Crippen LogP contribution in [-0.4, -0.2) is 11.9 Å². The summed E-state index contributed by atoms with van der Waals surface area (Å²) in [6.45, 7) is 9.59. The van der Waals surface area contributed by atoms with Gasteiger partial charge in [-0.3, -0.25) is 4.79 Å². The minimum atomic E-state index is 0.0660. The molecule has 2 atom stereocenters. The molecule has 0 aromatic rings. The lowest BCUT2D eigenvalue weighted by Gasteiger charge is -2.15. The predicted octanol–water partition coefficient (Wildman–Crippen LogP) is 2.89. The molecule has 0 heterocycles. The van der Waals surface area contributed by atoms with Gasteiger partial charge in [0.05, 0.1) is 0 Å². The van der Waals surface area contributed by atoms with E-state index in [0.29, 0.717) is 6.04 Å². The number of rotatable bonds is 7. The minimum absolute atomic E-state index is 0.0660. The van der Waals surface area contributed by atoms with Crippen LogP contribution in [-0.2, 0) is 4.79 Å². The highest BCUT2D eigenvalue weighted by molar-refractivity contribution is 5.73. The van der Waals surface area contributed by atoms with Gasteiger partial charge in [-0.2, -0.15) is 0 Å². The van der Waals surface area contributed by atoms with E-state index in [9.17, 15) is 4.79 Å². The zero-order valence-corrected chi connectivity index (χ0v) is 9.68. The van der Waals surface area contributed by atoms with Gasteiger partial charge in [0.25, 0.3) is 0 Å². The van der Waals surface area contributed by atoms with Gasteiger partial charge in [0.1, 0.15) is 0 Å². The smallest absolute Gasteiger partial charge is 0.217 e. The maximum atomic E-state index is 10.7. The molecule has 0 aliphatic carbocycles. The van der Waals surface area contributed by atoms with E-state index in [1.54, 1.807) is 6.92 Å². The van der Waals surface area contributed by atoms with Crippen LogP contribution in [0.1, 0.15) is 46.5 Å². The highest BCUT2D eigenvalue weighted by Crippen LogP contribution is 2.14. The van der Waals surface area contributed by atoms with Crippen LogP contribution in [0.3, 0.4) is 0 Å². The van der Waals surface area contributed by atoms with Crippen LogP contribution < -0.4 is 5.32 Å². The van der Waals surface area contributed by atoms with E-state index in [1.807, 2.05) is 6.08 Å². The van der Waals surface area contributed by atoms with Gasteiger partial charge in [0.15, 0.2) is 0 Å². The number of amides is 1. The highest BCUT2D eigenvalue weighted by atomic mass is 16.1. The van der Waals surface area contributed by atoms with E-state index >= 15 is 0 Å². The van der Waals surface area contributed by atoms with Crippen molar-refractivity contribution in [2.75, 3.05) is 0 Å². The van der Waals surface area contributed by atoms with Gasteiger partial charge >= 0.3 is 0 Å². The Kier molecular flexibility index (Phi) is 7.17. The Morgan fingerprint density at radius 2 is 2.00 bits per heavy atom. The van der Waals surface area contributed by atoms with Gasteiger partial charge < -0.3 is 5.32 Å². The van der Waals surface area contributed by atoms with Crippen LogP contribution in [0.2, 0.25) is 0 Å². The third-order valence-electron chi connectivity index (χ3n) is 2.41. The Balaban J connectivity index is 3.49. The molecule has 0 bridgehead atoms. The maximum Gasteiger partial charge on any atom is 0.217 e. The van der Waals surface area contributed by atoms with E-state index in [2.05, 4.69) is 25.7 Å². The van der Waals surface area contributed by atoms with E-state index < -0.39 is 0 Å². The first-order valence-electron chi connectivity index (χ1n) is 5.44. The van der Waals surface area contributed by atoms with Crippen molar-refractivity contribution in [1.82, 2.24) is 5.32 Å². The molecule has 82 valence electrons. The van der Waals surface area contributed by atoms with Gasteiger partial charge in [0.2, 0.25) is 5.91 Å². The fourth-order valence-electron chi connectivity index (χ4n) is 1.50. The third-order valence-corrected chi connectivity index (χ3v) is 2.41. The van der Waals surface area contributed by atoms with Crippen LogP contribution in [0, 0.1) is 5.92 Å². The minimum Gasteiger partial charge on any atom is -0.354 e. The summed E-state index contributed by atoms with van der Waals surface area (Å²) in [7, 11) is 0. The Morgan fingerprint density at radius 3 is 2.50 bits per heavy atom. The molecule has 1 amide bonds. The van der Waals surface area contributed by atoms with Crippen LogP contribution in [0.4, 0.5) is 0 Å². The second kappa shape index (κ2) is 7.60. The van der Waals surface area contributed by atoms with Crippen molar-refractivity contribution in [2.45, 2.75) is 52.5 Å². The van der Waals surface area contributed by atoms with Gasteiger partial charge in [-0.25, -0.2) is 0 Å². The van der Waals surface area contributed by atoms with Crippen molar-refractivity contribution in [2.24, 2.45) is 5.92 Å². The molecule has 0 aliphatic rings. The Morgan fingerprint density at radius 1 is 1.36 bits per heavy atom. The Bertz CT molecular complexity index is 177. The molecule has 0 saturated carbocycles. The lowest BCUT2D eigenvalue weighted by atomic mass is 9.97. The summed E-state index contributed by atoms with van der Waals surface area (Å²) in [4.78, 5) is 10.7. The Hall–Kier alpha value is -0.790. The van der Waals surface area contributed by atoms with Crippen molar-refractivity contribution >= 4 is 5.91 Å². The number of nitrogens with one attached hydrogen (secondary N) is 1. The molecule has 0 unspecified atom stereocenters. The normalized spacial score (nSPS) is 14.5. The molecule has 0 aromatic heterocycles. The third kappa shape index (κ3) is 7.84. The van der Waals surface area contributed by atoms with Crippen molar-refractivity contribution < 1.29 is 4.79 Å². The average molecular weight is 197 g/mol. The zero-order chi connectivity index (χ0) is 11.0. The molecule has 2 heteroatoms. The predicted molar refractivity (Wildman–Crippen MR) is 61.1 cm³/mol. The van der Waals surface area contributed by atoms with E-state index in [1.165, 1.54) is 12.8 Å². The number of hydrogen-bond donors (Lipinski definition) is 1. The highest BCUT2D eigenvalue weighted by Gasteiger charge is 2.06. The fraction of sp³-hybridized carbons (Fsp3) is 0.750. The molecule has 1 N–H and O–H groups in total. The molecule has 0 rings (SSSR count). The molecule has 0 spiro atoms. The molecule has 14 heavy (non-hydrogen) atoms. The average Bonchev–Trinajstić information content (AvgIpc) is 2.10. The first-order valence-corrected chi connectivity index (χ1v) is 5.44. The van der Waals surface area contributed by atoms with Crippen molar-refractivity contribution in [3.8, 4) is 0 Å².